The lowest BCUT2D eigenvalue weighted by molar-refractivity contribution is -0.137. The van der Waals surface area contributed by atoms with Crippen LogP contribution in [-0.4, -0.2) is 40.5 Å². The average Bonchev–Trinajstić information content (AvgIpc) is 3.20. The number of aryl methyl sites for hydroxylation is 1. The van der Waals surface area contributed by atoms with E-state index in [2.05, 4.69) is 5.10 Å². The average molecular weight is 345 g/mol. The minimum atomic E-state index is -0.605. The van der Waals surface area contributed by atoms with Crippen LogP contribution in [0.25, 0.3) is 0 Å². The van der Waals surface area contributed by atoms with E-state index in [1.165, 1.54) is 0 Å². The van der Waals surface area contributed by atoms with Crippen molar-refractivity contribution in [1.82, 2.24) is 14.7 Å². The normalized spacial score (nSPS) is 13.6. The summed E-state index contributed by atoms with van der Waals surface area (Å²) in [5.74, 6) is 1.80. The standard InChI is InChI=1S/C18H23N3O4/c1-5-21-12(2)14(9-19-21)10-20(4)18(22)13(3)25-15-6-7-16-17(8-15)24-11-23-16/h6-9,13H,5,10-11H2,1-4H3/t13-/m1/s1. The van der Waals surface area contributed by atoms with Crippen LogP contribution < -0.4 is 14.2 Å². The van der Waals surface area contributed by atoms with Crippen molar-refractivity contribution in [2.24, 2.45) is 0 Å². The molecular weight excluding hydrogens is 322 g/mol. The van der Waals surface area contributed by atoms with Gasteiger partial charge in [-0.25, -0.2) is 0 Å². The summed E-state index contributed by atoms with van der Waals surface area (Å²) >= 11 is 0. The van der Waals surface area contributed by atoms with Crippen LogP contribution in [0.2, 0.25) is 0 Å². The van der Waals surface area contributed by atoms with E-state index >= 15 is 0 Å². The molecule has 0 spiro atoms. The van der Waals surface area contributed by atoms with Crippen LogP contribution >= 0.6 is 0 Å². The first kappa shape index (κ1) is 17.1. The monoisotopic (exact) mass is 345 g/mol. The van der Waals surface area contributed by atoms with Gasteiger partial charge in [0.1, 0.15) is 5.75 Å². The number of aromatic nitrogens is 2. The van der Waals surface area contributed by atoms with Gasteiger partial charge in [-0.3, -0.25) is 9.48 Å². The zero-order valence-corrected chi connectivity index (χ0v) is 15.0. The molecule has 0 fully saturated rings. The molecule has 0 saturated heterocycles. The van der Waals surface area contributed by atoms with E-state index in [9.17, 15) is 4.79 Å². The second-order valence-corrected chi connectivity index (χ2v) is 6.04. The number of benzene rings is 1. The SMILES string of the molecule is CCn1ncc(CN(C)C(=O)[C@@H](C)Oc2ccc3c(c2)OCO3)c1C. The van der Waals surface area contributed by atoms with E-state index in [0.717, 1.165) is 17.8 Å². The second kappa shape index (κ2) is 7.04. The van der Waals surface area contributed by atoms with E-state index < -0.39 is 6.10 Å². The number of hydrogen-bond donors (Lipinski definition) is 0. The topological polar surface area (TPSA) is 65.8 Å². The van der Waals surface area contributed by atoms with Gasteiger partial charge in [-0.05, 0) is 32.9 Å². The largest absolute Gasteiger partial charge is 0.481 e. The van der Waals surface area contributed by atoms with Gasteiger partial charge < -0.3 is 19.1 Å². The highest BCUT2D eigenvalue weighted by molar-refractivity contribution is 5.80. The molecule has 0 N–H and O–H groups in total. The van der Waals surface area contributed by atoms with Gasteiger partial charge in [0.25, 0.3) is 5.91 Å². The summed E-state index contributed by atoms with van der Waals surface area (Å²) in [4.78, 5) is 14.2. The second-order valence-electron chi connectivity index (χ2n) is 6.04. The molecule has 1 amide bonds. The molecule has 2 heterocycles. The van der Waals surface area contributed by atoms with Crippen LogP contribution in [0.3, 0.4) is 0 Å². The number of likely N-dealkylation sites (N-methyl/N-ethyl adjacent to an activating group) is 1. The van der Waals surface area contributed by atoms with Crippen LogP contribution in [0, 0.1) is 6.92 Å². The summed E-state index contributed by atoms with van der Waals surface area (Å²) in [5, 5.41) is 4.31. The minimum Gasteiger partial charge on any atom is -0.481 e. The van der Waals surface area contributed by atoms with Crippen molar-refractivity contribution >= 4 is 5.91 Å². The van der Waals surface area contributed by atoms with E-state index in [0.29, 0.717) is 23.8 Å². The Balaban J connectivity index is 1.62. The van der Waals surface area contributed by atoms with Gasteiger partial charge >= 0.3 is 0 Å². The van der Waals surface area contributed by atoms with Gasteiger partial charge in [-0.1, -0.05) is 0 Å². The van der Waals surface area contributed by atoms with Crippen molar-refractivity contribution in [3.8, 4) is 17.2 Å². The molecule has 1 atom stereocenters. The van der Waals surface area contributed by atoms with Crippen molar-refractivity contribution in [3.63, 3.8) is 0 Å². The maximum atomic E-state index is 12.6. The molecule has 1 aromatic carbocycles. The fourth-order valence-electron chi connectivity index (χ4n) is 2.81. The zero-order valence-electron chi connectivity index (χ0n) is 15.0. The number of hydrogen-bond acceptors (Lipinski definition) is 5. The van der Waals surface area contributed by atoms with Crippen molar-refractivity contribution in [2.45, 2.75) is 40.0 Å². The molecule has 7 nitrogen and oxygen atoms in total. The van der Waals surface area contributed by atoms with Gasteiger partial charge in [0.05, 0.1) is 6.20 Å². The van der Waals surface area contributed by atoms with Crippen molar-refractivity contribution in [3.05, 3.63) is 35.7 Å². The number of ether oxygens (including phenoxy) is 3. The maximum Gasteiger partial charge on any atom is 0.263 e. The fraction of sp³-hybridized carbons (Fsp3) is 0.444. The van der Waals surface area contributed by atoms with Crippen molar-refractivity contribution in [1.29, 1.82) is 0 Å². The zero-order chi connectivity index (χ0) is 18.0. The Morgan fingerprint density at radius 3 is 2.88 bits per heavy atom. The molecular formula is C18H23N3O4. The number of amides is 1. The third-order valence-corrected chi connectivity index (χ3v) is 4.29. The molecule has 25 heavy (non-hydrogen) atoms. The molecule has 1 aliphatic rings. The first-order valence-corrected chi connectivity index (χ1v) is 8.32. The Labute approximate surface area is 147 Å². The predicted molar refractivity (Wildman–Crippen MR) is 91.8 cm³/mol. The smallest absolute Gasteiger partial charge is 0.263 e. The van der Waals surface area contributed by atoms with Gasteiger partial charge in [0.15, 0.2) is 17.6 Å². The van der Waals surface area contributed by atoms with Crippen LogP contribution in [0.5, 0.6) is 17.2 Å². The van der Waals surface area contributed by atoms with Crippen LogP contribution in [0.15, 0.2) is 24.4 Å². The summed E-state index contributed by atoms with van der Waals surface area (Å²) in [5.41, 5.74) is 2.11. The first-order valence-electron chi connectivity index (χ1n) is 8.32. The molecule has 0 bridgehead atoms. The van der Waals surface area contributed by atoms with Gasteiger partial charge in [-0.2, -0.15) is 5.10 Å². The van der Waals surface area contributed by atoms with Crippen molar-refractivity contribution < 1.29 is 19.0 Å². The highest BCUT2D eigenvalue weighted by atomic mass is 16.7. The lowest BCUT2D eigenvalue weighted by Gasteiger charge is -2.22. The quantitative estimate of drug-likeness (QED) is 0.804. The fourth-order valence-corrected chi connectivity index (χ4v) is 2.81. The third kappa shape index (κ3) is 3.55. The summed E-state index contributed by atoms with van der Waals surface area (Å²) in [6.07, 6.45) is 1.21. The van der Waals surface area contributed by atoms with Gasteiger partial charge in [0, 0.05) is 37.5 Å². The summed E-state index contributed by atoms with van der Waals surface area (Å²) in [7, 11) is 1.77. The number of rotatable bonds is 6. The molecule has 2 aromatic rings. The molecule has 134 valence electrons. The number of nitrogens with zero attached hydrogens (tertiary/aromatic N) is 3. The number of carbonyl (C=O) groups excluding carboxylic acids is 1. The Kier molecular flexibility index (Phi) is 4.83. The Hall–Kier alpha value is -2.70. The first-order chi connectivity index (χ1) is 12.0. The molecule has 0 aliphatic carbocycles. The highest BCUT2D eigenvalue weighted by Crippen LogP contribution is 2.35. The Morgan fingerprint density at radius 1 is 1.40 bits per heavy atom. The molecule has 3 rings (SSSR count). The molecule has 0 unspecified atom stereocenters. The van der Waals surface area contributed by atoms with E-state index in [1.54, 1.807) is 37.1 Å². The van der Waals surface area contributed by atoms with E-state index in [-0.39, 0.29) is 12.7 Å². The lowest BCUT2D eigenvalue weighted by Crippen LogP contribution is -2.37. The summed E-state index contributed by atoms with van der Waals surface area (Å²) in [6.45, 7) is 7.32. The van der Waals surface area contributed by atoms with E-state index in [1.807, 2.05) is 24.7 Å². The van der Waals surface area contributed by atoms with Crippen LogP contribution in [0.4, 0.5) is 0 Å². The Bertz CT molecular complexity index is 772. The third-order valence-electron chi connectivity index (χ3n) is 4.29. The number of carbonyl (C=O) groups is 1. The summed E-state index contributed by atoms with van der Waals surface area (Å²) < 4.78 is 18.3. The molecule has 1 aliphatic heterocycles. The van der Waals surface area contributed by atoms with Gasteiger partial charge in [-0.15, -0.1) is 0 Å². The number of fused-ring (bicyclic) bond motifs is 1. The maximum absolute atomic E-state index is 12.6. The minimum absolute atomic E-state index is 0.0960. The highest BCUT2D eigenvalue weighted by Gasteiger charge is 2.22. The lowest BCUT2D eigenvalue weighted by atomic mass is 10.2. The van der Waals surface area contributed by atoms with Crippen LogP contribution in [-0.2, 0) is 17.9 Å². The molecule has 0 radical (unpaired) electrons. The molecule has 1 aromatic heterocycles. The predicted octanol–water partition coefficient (Wildman–Crippen LogP) is 2.37. The van der Waals surface area contributed by atoms with Crippen LogP contribution in [0.1, 0.15) is 25.1 Å². The van der Waals surface area contributed by atoms with Gasteiger partial charge in [0.2, 0.25) is 6.79 Å². The Morgan fingerprint density at radius 2 is 2.16 bits per heavy atom. The van der Waals surface area contributed by atoms with E-state index in [4.69, 9.17) is 14.2 Å². The van der Waals surface area contributed by atoms with Crippen molar-refractivity contribution in [2.75, 3.05) is 13.8 Å². The molecule has 7 heteroatoms. The summed E-state index contributed by atoms with van der Waals surface area (Å²) in [6, 6.07) is 5.29. The molecule has 0 saturated carbocycles.